The highest BCUT2D eigenvalue weighted by Gasteiger charge is 2.16. The first kappa shape index (κ1) is 11.0. The van der Waals surface area contributed by atoms with Gasteiger partial charge in [-0.15, -0.1) is 0 Å². The highest BCUT2D eigenvalue weighted by Crippen LogP contribution is 2.27. The molecule has 2 N–H and O–H groups in total. The number of nitrogens with two attached hydrogens (primary N) is 1. The Hall–Kier alpha value is -0.0400. The van der Waals surface area contributed by atoms with E-state index in [0.717, 1.165) is 5.92 Å². The molecule has 0 heterocycles. The molecular formula is C12H25N. The van der Waals surface area contributed by atoms with Crippen molar-refractivity contribution < 1.29 is 0 Å². The zero-order valence-electron chi connectivity index (χ0n) is 9.31. The van der Waals surface area contributed by atoms with Crippen LogP contribution >= 0.6 is 0 Å². The summed E-state index contributed by atoms with van der Waals surface area (Å²) in [6.07, 6.45) is 11.3. The van der Waals surface area contributed by atoms with E-state index in [9.17, 15) is 0 Å². The molecule has 1 saturated carbocycles. The predicted molar refractivity (Wildman–Crippen MR) is 58.7 cm³/mol. The molecule has 0 radical (unpaired) electrons. The lowest BCUT2D eigenvalue weighted by Gasteiger charge is -2.22. The molecule has 1 aliphatic rings. The van der Waals surface area contributed by atoms with Gasteiger partial charge in [-0.2, -0.15) is 0 Å². The highest BCUT2D eigenvalue weighted by molar-refractivity contribution is 4.74. The molecule has 0 amide bonds. The molecule has 0 aromatic carbocycles. The monoisotopic (exact) mass is 183 g/mol. The van der Waals surface area contributed by atoms with Crippen LogP contribution in [0.25, 0.3) is 0 Å². The molecule has 78 valence electrons. The first-order valence-corrected chi connectivity index (χ1v) is 5.87. The maximum absolute atomic E-state index is 5.99. The van der Waals surface area contributed by atoms with Gasteiger partial charge in [0.2, 0.25) is 0 Å². The molecule has 0 spiro atoms. The van der Waals surface area contributed by atoms with Crippen molar-refractivity contribution in [2.24, 2.45) is 11.7 Å². The Morgan fingerprint density at radius 2 is 1.62 bits per heavy atom. The summed E-state index contributed by atoms with van der Waals surface area (Å²) in [5, 5.41) is 0. The molecule has 1 rings (SSSR count). The van der Waals surface area contributed by atoms with E-state index in [1.165, 1.54) is 51.4 Å². The van der Waals surface area contributed by atoms with Crippen LogP contribution in [-0.2, 0) is 0 Å². The minimum absolute atomic E-state index is 0.0479. The van der Waals surface area contributed by atoms with Crippen molar-refractivity contribution in [3.8, 4) is 0 Å². The van der Waals surface area contributed by atoms with Crippen molar-refractivity contribution in [3.63, 3.8) is 0 Å². The summed E-state index contributed by atoms with van der Waals surface area (Å²) in [6, 6.07) is 0. The second kappa shape index (κ2) is 4.99. The standard InChI is InChI=1S/C12H25N/c1-12(2,13)10-9-11-7-5-3-4-6-8-11/h11H,3-10,13H2,1-2H3. The summed E-state index contributed by atoms with van der Waals surface area (Å²) in [5.74, 6) is 0.977. The second-order valence-corrected chi connectivity index (χ2v) is 5.38. The van der Waals surface area contributed by atoms with E-state index in [0.29, 0.717) is 0 Å². The van der Waals surface area contributed by atoms with Crippen LogP contribution in [-0.4, -0.2) is 5.54 Å². The van der Waals surface area contributed by atoms with Crippen molar-refractivity contribution in [2.75, 3.05) is 0 Å². The normalized spacial score (nSPS) is 21.5. The van der Waals surface area contributed by atoms with Crippen LogP contribution in [0.2, 0.25) is 0 Å². The molecule has 1 fully saturated rings. The van der Waals surface area contributed by atoms with Gasteiger partial charge in [-0.1, -0.05) is 38.5 Å². The highest BCUT2D eigenvalue weighted by atomic mass is 14.7. The van der Waals surface area contributed by atoms with Gasteiger partial charge in [0.1, 0.15) is 0 Å². The van der Waals surface area contributed by atoms with Crippen LogP contribution in [0.3, 0.4) is 0 Å². The van der Waals surface area contributed by atoms with Gasteiger partial charge < -0.3 is 5.73 Å². The largest absolute Gasteiger partial charge is 0.326 e. The van der Waals surface area contributed by atoms with Gasteiger partial charge in [0.05, 0.1) is 0 Å². The number of hydrogen-bond donors (Lipinski definition) is 1. The second-order valence-electron chi connectivity index (χ2n) is 5.38. The maximum atomic E-state index is 5.99. The summed E-state index contributed by atoms with van der Waals surface area (Å²) >= 11 is 0. The lowest BCUT2D eigenvalue weighted by atomic mass is 9.89. The molecule has 0 aliphatic heterocycles. The summed E-state index contributed by atoms with van der Waals surface area (Å²) in [7, 11) is 0. The van der Waals surface area contributed by atoms with Crippen molar-refractivity contribution in [1.82, 2.24) is 0 Å². The van der Waals surface area contributed by atoms with Gasteiger partial charge in [-0.3, -0.25) is 0 Å². The maximum Gasteiger partial charge on any atom is 0.00971 e. The summed E-state index contributed by atoms with van der Waals surface area (Å²) < 4.78 is 0. The van der Waals surface area contributed by atoms with Crippen LogP contribution in [0.4, 0.5) is 0 Å². The fraction of sp³-hybridized carbons (Fsp3) is 1.00. The quantitative estimate of drug-likeness (QED) is 0.666. The van der Waals surface area contributed by atoms with Gasteiger partial charge in [0.25, 0.3) is 0 Å². The van der Waals surface area contributed by atoms with Crippen molar-refractivity contribution in [2.45, 2.75) is 70.8 Å². The van der Waals surface area contributed by atoms with Gasteiger partial charge in [-0.05, 0) is 32.6 Å². The van der Waals surface area contributed by atoms with Crippen LogP contribution < -0.4 is 5.73 Å². The minimum Gasteiger partial charge on any atom is -0.326 e. The first-order chi connectivity index (χ1) is 6.08. The van der Waals surface area contributed by atoms with Crippen molar-refractivity contribution >= 4 is 0 Å². The van der Waals surface area contributed by atoms with E-state index in [-0.39, 0.29) is 5.54 Å². The summed E-state index contributed by atoms with van der Waals surface area (Å²) in [4.78, 5) is 0. The van der Waals surface area contributed by atoms with Crippen LogP contribution in [0.5, 0.6) is 0 Å². The van der Waals surface area contributed by atoms with E-state index >= 15 is 0 Å². The molecule has 0 aromatic rings. The topological polar surface area (TPSA) is 26.0 Å². The third-order valence-electron chi connectivity index (χ3n) is 3.17. The number of rotatable bonds is 3. The predicted octanol–water partition coefficient (Wildman–Crippen LogP) is 3.47. The lowest BCUT2D eigenvalue weighted by molar-refractivity contribution is 0.356. The average Bonchev–Trinajstić information content (AvgIpc) is 2.26. The fourth-order valence-corrected chi connectivity index (χ4v) is 2.23. The molecule has 0 bridgehead atoms. The first-order valence-electron chi connectivity index (χ1n) is 5.87. The van der Waals surface area contributed by atoms with Gasteiger partial charge in [0.15, 0.2) is 0 Å². The third-order valence-corrected chi connectivity index (χ3v) is 3.17. The van der Waals surface area contributed by atoms with Gasteiger partial charge in [-0.25, -0.2) is 0 Å². The van der Waals surface area contributed by atoms with Crippen LogP contribution in [0.15, 0.2) is 0 Å². The zero-order valence-corrected chi connectivity index (χ0v) is 9.31. The molecule has 0 aromatic heterocycles. The van der Waals surface area contributed by atoms with E-state index in [2.05, 4.69) is 13.8 Å². The molecular weight excluding hydrogens is 158 g/mol. The van der Waals surface area contributed by atoms with E-state index in [1.54, 1.807) is 0 Å². The molecule has 1 heteroatoms. The van der Waals surface area contributed by atoms with Crippen molar-refractivity contribution in [1.29, 1.82) is 0 Å². The number of hydrogen-bond acceptors (Lipinski definition) is 1. The fourth-order valence-electron chi connectivity index (χ4n) is 2.23. The smallest absolute Gasteiger partial charge is 0.00971 e. The van der Waals surface area contributed by atoms with Crippen LogP contribution in [0.1, 0.15) is 65.2 Å². The Labute approximate surface area is 83.1 Å². The Bertz CT molecular complexity index is 127. The summed E-state index contributed by atoms with van der Waals surface area (Å²) in [6.45, 7) is 4.29. The summed E-state index contributed by atoms with van der Waals surface area (Å²) in [5.41, 5.74) is 6.04. The Kier molecular flexibility index (Phi) is 4.24. The molecule has 0 atom stereocenters. The molecule has 0 unspecified atom stereocenters. The van der Waals surface area contributed by atoms with E-state index in [4.69, 9.17) is 5.73 Å². The minimum atomic E-state index is 0.0479. The zero-order chi connectivity index (χ0) is 9.73. The molecule has 13 heavy (non-hydrogen) atoms. The van der Waals surface area contributed by atoms with Gasteiger partial charge in [0, 0.05) is 5.54 Å². The van der Waals surface area contributed by atoms with Crippen LogP contribution in [0, 0.1) is 5.92 Å². The SMILES string of the molecule is CC(C)(N)CCC1CCCCCC1. The van der Waals surface area contributed by atoms with Crippen molar-refractivity contribution in [3.05, 3.63) is 0 Å². The molecule has 1 aliphatic carbocycles. The molecule has 0 saturated heterocycles. The lowest BCUT2D eigenvalue weighted by Crippen LogP contribution is -2.32. The Morgan fingerprint density at radius 3 is 2.08 bits per heavy atom. The Balaban J connectivity index is 2.19. The molecule has 1 nitrogen and oxygen atoms in total. The van der Waals surface area contributed by atoms with E-state index in [1.807, 2.05) is 0 Å². The van der Waals surface area contributed by atoms with E-state index < -0.39 is 0 Å². The third kappa shape index (κ3) is 5.30. The average molecular weight is 183 g/mol. The van der Waals surface area contributed by atoms with Gasteiger partial charge >= 0.3 is 0 Å². The Morgan fingerprint density at radius 1 is 1.08 bits per heavy atom.